The summed E-state index contributed by atoms with van der Waals surface area (Å²) in [5, 5.41) is 0. The topological polar surface area (TPSA) is 53.6 Å². The molecule has 14 heavy (non-hydrogen) atoms. The zero-order valence-corrected chi connectivity index (χ0v) is 9.45. The van der Waals surface area contributed by atoms with Crippen LogP contribution in [-0.2, 0) is 0 Å². The lowest BCUT2D eigenvalue weighted by atomic mass is 9.95. The van der Waals surface area contributed by atoms with Gasteiger partial charge in [-0.3, -0.25) is 10.4 Å². The summed E-state index contributed by atoms with van der Waals surface area (Å²) in [7, 11) is 0. The van der Waals surface area contributed by atoms with Gasteiger partial charge < -0.3 is 4.90 Å². The van der Waals surface area contributed by atoms with Crippen molar-refractivity contribution in [3.8, 4) is 0 Å². The van der Waals surface area contributed by atoms with Crippen LogP contribution < -0.4 is 11.3 Å². The minimum atomic E-state index is 0.751. The maximum Gasteiger partial charge on any atom is 0.208 e. The Morgan fingerprint density at radius 3 is 2.79 bits per heavy atom. The Morgan fingerprint density at radius 2 is 2.36 bits per heavy atom. The molecular weight excluding hydrogens is 176 g/mol. The van der Waals surface area contributed by atoms with Gasteiger partial charge in [0.2, 0.25) is 5.96 Å². The summed E-state index contributed by atoms with van der Waals surface area (Å²) < 4.78 is 0. The Labute approximate surface area is 86.5 Å². The summed E-state index contributed by atoms with van der Waals surface area (Å²) in [5.41, 5.74) is 2.68. The Kier molecular flexibility index (Phi) is 4.20. The molecule has 1 unspecified atom stereocenters. The third kappa shape index (κ3) is 2.61. The molecule has 1 atom stereocenters. The smallest absolute Gasteiger partial charge is 0.208 e. The molecule has 0 aliphatic carbocycles. The second-order valence-electron chi connectivity index (χ2n) is 4.18. The molecule has 0 amide bonds. The van der Waals surface area contributed by atoms with Crippen molar-refractivity contribution in [1.29, 1.82) is 0 Å². The van der Waals surface area contributed by atoms with Crippen LogP contribution in [0, 0.1) is 11.8 Å². The summed E-state index contributed by atoms with van der Waals surface area (Å²) in [6.45, 7) is 9.52. The quantitative estimate of drug-likeness (QED) is 0.299. The van der Waals surface area contributed by atoms with Crippen LogP contribution in [0.1, 0.15) is 27.2 Å². The molecule has 0 aromatic carbocycles. The van der Waals surface area contributed by atoms with E-state index in [9.17, 15) is 0 Å². The van der Waals surface area contributed by atoms with Gasteiger partial charge in [-0.1, -0.05) is 13.8 Å². The van der Waals surface area contributed by atoms with Crippen molar-refractivity contribution >= 4 is 5.96 Å². The fourth-order valence-corrected chi connectivity index (χ4v) is 1.91. The van der Waals surface area contributed by atoms with Crippen molar-refractivity contribution in [2.45, 2.75) is 27.2 Å². The van der Waals surface area contributed by atoms with E-state index in [0.29, 0.717) is 0 Å². The molecular formula is C10H22N4. The number of nitrogens with one attached hydrogen (secondary N) is 1. The minimum Gasteiger partial charge on any atom is -0.342 e. The maximum absolute atomic E-state index is 5.44. The number of rotatable bonds is 2. The van der Waals surface area contributed by atoms with Crippen LogP contribution in [0.3, 0.4) is 0 Å². The van der Waals surface area contributed by atoms with Gasteiger partial charge in [0.15, 0.2) is 0 Å². The van der Waals surface area contributed by atoms with E-state index in [1.165, 1.54) is 6.42 Å². The summed E-state index contributed by atoms with van der Waals surface area (Å²) in [4.78, 5) is 6.57. The summed E-state index contributed by atoms with van der Waals surface area (Å²) in [6.07, 6.45) is 1.25. The molecule has 4 heteroatoms. The summed E-state index contributed by atoms with van der Waals surface area (Å²) >= 11 is 0. The molecule has 1 heterocycles. The van der Waals surface area contributed by atoms with Gasteiger partial charge in [-0.2, -0.15) is 0 Å². The van der Waals surface area contributed by atoms with Gasteiger partial charge in [0.25, 0.3) is 0 Å². The molecule has 1 aliphatic heterocycles. The second kappa shape index (κ2) is 5.20. The Morgan fingerprint density at radius 1 is 1.64 bits per heavy atom. The largest absolute Gasteiger partial charge is 0.342 e. The molecule has 0 aromatic heterocycles. The van der Waals surface area contributed by atoms with Gasteiger partial charge in [0.05, 0.1) is 0 Å². The molecule has 1 rings (SSSR count). The molecule has 0 saturated carbocycles. The first-order chi connectivity index (χ1) is 6.69. The third-order valence-corrected chi connectivity index (χ3v) is 2.90. The molecule has 3 N–H and O–H groups in total. The normalized spacial score (nSPS) is 23.4. The molecule has 82 valence electrons. The van der Waals surface area contributed by atoms with E-state index in [1.807, 2.05) is 6.92 Å². The van der Waals surface area contributed by atoms with Crippen LogP contribution in [-0.4, -0.2) is 30.5 Å². The first-order valence-corrected chi connectivity index (χ1v) is 5.45. The highest BCUT2D eigenvalue weighted by molar-refractivity contribution is 5.79. The van der Waals surface area contributed by atoms with Crippen molar-refractivity contribution in [3.63, 3.8) is 0 Å². The lowest BCUT2D eigenvalue weighted by Crippen LogP contribution is -2.44. The monoisotopic (exact) mass is 198 g/mol. The van der Waals surface area contributed by atoms with E-state index < -0.39 is 0 Å². The average molecular weight is 198 g/mol. The predicted molar refractivity (Wildman–Crippen MR) is 59.8 cm³/mol. The van der Waals surface area contributed by atoms with Crippen molar-refractivity contribution in [2.75, 3.05) is 19.6 Å². The summed E-state index contributed by atoms with van der Waals surface area (Å²) in [6, 6.07) is 0. The summed E-state index contributed by atoms with van der Waals surface area (Å²) in [5.74, 6) is 7.81. The molecule has 4 nitrogen and oxygen atoms in total. The van der Waals surface area contributed by atoms with Crippen LogP contribution in [0.15, 0.2) is 4.99 Å². The zero-order chi connectivity index (χ0) is 10.6. The van der Waals surface area contributed by atoms with Crippen LogP contribution in [0.25, 0.3) is 0 Å². The maximum atomic E-state index is 5.44. The van der Waals surface area contributed by atoms with Gasteiger partial charge in [-0.25, -0.2) is 5.84 Å². The van der Waals surface area contributed by atoms with Gasteiger partial charge in [0.1, 0.15) is 0 Å². The number of nitrogens with zero attached hydrogens (tertiary/aromatic N) is 2. The highest BCUT2D eigenvalue weighted by atomic mass is 15.4. The first-order valence-electron chi connectivity index (χ1n) is 5.45. The highest BCUT2D eigenvalue weighted by Gasteiger charge is 2.26. The first kappa shape index (κ1) is 11.3. The Hall–Kier alpha value is -0.770. The number of hydrogen-bond donors (Lipinski definition) is 2. The van der Waals surface area contributed by atoms with Crippen LogP contribution in [0.2, 0.25) is 0 Å². The highest BCUT2D eigenvalue weighted by Crippen LogP contribution is 2.23. The Balaban J connectivity index is 2.51. The molecule has 0 spiro atoms. The average Bonchev–Trinajstić information content (AvgIpc) is 2.63. The number of likely N-dealkylation sites (tertiary alicyclic amines) is 1. The van der Waals surface area contributed by atoms with Crippen LogP contribution >= 0.6 is 0 Å². The van der Waals surface area contributed by atoms with E-state index in [0.717, 1.165) is 37.4 Å². The predicted octanol–water partition coefficient (Wildman–Crippen LogP) is 0.804. The van der Waals surface area contributed by atoms with Crippen molar-refractivity contribution in [2.24, 2.45) is 22.7 Å². The fourth-order valence-electron chi connectivity index (χ4n) is 1.91. The molecule has 0 radical (unpaired) electrons. The standard InChI is InChI=1S/C10H22N4/c1-4-12-10(13-11)14-6-5-9(7-14)8(2)3/h8-9H,4-7,11H2,1-3H3,(H,12,13). The number of guanidine groups is 1. The minimum absolute atomic E-state index is 0.751. The van der Waals surface area contributed by atoms with E-state index in [2.05, 4.69) is 29.2 Å². The number of aliphatic imine (C=N–C) groups is 1. The lowest BCUT2D eigenvalue weighted by Gasteiger charge is -2.20. The van der Waals surface area contributed by atoms with E-state index in [4.69, 9.17) is 5.84 Å². The third-order valence-electron chi connectivity index (χ3n) is 2.90. The lowest BCUT2D eigenvalue weighted by molar-refractivity contribution is 0.384. The van der Waals surface area contributed by atoms with Gasteiger partial charge in [-0.05, 0) is 25.2 Å². The second-order valence-corrected chi connectivity index (χ2v) is 4.18. The fraction of sp³-hybridized carbons (Fsp3) is 0.900. The molecule has 0 bridgehead atoms. The van der Waals surface area contributed by atoms with Gasteiger partial charge in [-0.15, -0.1) is 0 Å². The van der Waals surface area contributed by atoms with Gasteiger partial charge in [0, 0.05) is 19.6 Å². The Bertz CT molecular complexity index is 200. The molecule has 0 aromatic rings. The molecule has 1 fully saturated rings. The van der Waals surface area contributed by atoms with Gasteiger partial charge >= 0.3 is 0 Å². The van der Waals surface area contributed by atoms with E-state index >= 15 is 0 Å². The van der Waals surface area contributed by atoms with Crippen molar-refractivity contribution in [3.05, 3.63) is 0 Å². The SMILES string of the molecule is CCN=C(NN)N1CCC(C(C)C)C1. The number of hydrogen-bond acceptors (Lipinski definition) is 2. The molecule has 1 saturated heterocycles. The van der Waals surface area contributed by atoms with Crippen molar-refractivity contribution < 1.29 is 0 Å². The van der Waals surface area contributed by atoms with Crippen LogP contribution in [0.5, 0.6) is 0 Å². The molecule has 1 aliphatic rings. The zero-order valence-electron chi connectivity index (χ0n) is 9.45. The van der Waals surface area contributed by atoms with Crippen LogP contribution in [0.4, 0.5) is 0 Å². The van der Waals surface area contributed by atoms with E-state index in [1.54, 1.807) is 0 Å². The van der Waals surface area contributed by atoms with E-state index in [-0.39, 0.29) is 0 Å². The number of nitrogens with two attached hydrogens (primary N) is 1. The number of hydrazine groups is 1. The van der Waals surface area contributed by atoms with Crippen molar-refractivity contribution in [1.82, 2.24) is 10.3 Å².